The third-order valence-electron chi connectivity index (χ3n) is 4.74. The second-order valence-electron chi connectivity index (χ2n) is 6.24. The predicted molar refractivity (Wildman–Crippen MR) is 99.3 cm³/mol. The molecule has 25 heavy (non-hydrogen) atoms. The average Bonchev–Trinajstić information content (AvgIpc) is 3.18. The van der Waals surface area contributed by atoms with Crippen LogP contribution in [0.5, 0.6) is 11.5 Å². The van der Waals surface area contributed by atoms with Gasteiger partial charge in [0, 0.05) is 23.9 Å². The monoisotopic (exact) mass is 360 g/mol. The van der Waals surface area contributed by atoms with Crippen LogP contribution in [0, 0.1) is 5.92 Å². The van der Waals surface area contributed by atoms with Gasteiger partial charge in [0.2, 0.25) is 5.91 Å². The number of thiophene rings is 1. The molecule has 6 heteroatoms. The molecule has 0 saturated heterocycles. The van der Waals surface area contributed by atoms with Crippen LogP contribution in [0.3, 0.4) is 0 Å². The molecular formula is C19H24N2O3S. The molecule has 0 spiro atoms. The number of nitrogens with two attached hydrogens (primary N) is 1. The number of nitrogens with zero attached hydrogens (tertiary/aromatic N) is 1. The van der Waals surface area contributed by atoms with Crippen LogP contribution >= 0.6 is 11.3 Å². The second-order valence-corrected chi connectivity index (χ2v) is 7.22. The van der Waals surface area contributed by atoms with Gasteiger partial charge in [-0.25, -0.2) is 0 Å². The van der Waals surface area contributed by atoms with E-state index in [4.69, 9.17) is 15.2 Å². The van der Waals surface area contributed by atoms with Crippen molar-refractivity contribution < 1.29 is 14.3 Å². The van der Waals surface area contributed by atoms with Gasteiger partial charge in [0.05, 0.1) is 20.3 Å². The first kappa shape index (κ1) is 17.8. The minimum absolute atomic E-state index is 0.0985. The van der Waals surface area contributed by atoms with Gasteiger partial charge in [0.1, 0.15) is 0 Å². The second kappa shape index (κ2) is 7.45. The van der Waals surface area contributed by atoms with Gasteiger partial charge in [-0.3, -0.25) is 4.79 Å². The SMILES string of the molecule is COc1cc2c(cc1OC)C(c1cccs1)N(C(=O)C(C)CN)CC2. The van der Waals surface area contributed by atoms with Crippen LogP contribution in [0.4, 0.5) is 0 Å². The van der Waals surface area contributed by atoms with Crippen molar-refractivity contribution in [1.29, 1.82) is 0 Å². The maximum Gasteiger partial charge on any atom is 0.227 e. The first-order valence-electron chi connectivity index (χ1n) is 8.39. The Bertz CT molecular complexity index is 745. The summed E-state index contributed by atoms with van der Waals surface area (Å²) >= 11 is 1.66. The van der Waals surface area contributed by atoms with E-state index in [0.717, 1.165) is 22.6 Å². The summed E-state index contributed by atoms with van der Waals surface area (Å²) in [6.07, 6.45) is 0.792. The van der Waals surface area contributed by atoms with Crippen molar-refractivity contribution in [3.05, 3.63) is 45.6 Å². The predicted octanol–water partition coefficient (Wildman–Crippen LogP) is 2.83. The molecule has 0 radical (unpaired) electrons. The molecule has 1 amide bonds. The molecule has 2 atom stereocenters. The lowest BCUT2D eigenvalue weighted by molar-refractivity contribution is -0.136. The van der Waals surface area contributed by atoms with Crippen molar-refractivity contribution in [2.75, 3.05) is 27.3 Å². The van der Waals surface area contributed by atoms with E-state index in [0.29, 0.717) is 18.8 Å². The molecule has 0 bridgehead atoms. The third kappa shape index (κ3) is 3.24. The molecule has 1 aromatic carbocycles. The number of fused-ring (bicyclic) bond motifs is 1. The number of hydrogen-bond acceptors (Lipinski definition) is 5. The Labute approximate surface area is 152 Å². The molecule has 2 heterocycles. The molecule has 3 rings (SSSR count). The van der Waals surface area contributed by atoms with Crippen molar-refractivity contribution >= 4 is 17.2 Å². The Morgan fingerprint density at radius 2 is 2.08 bits per heavy atom. The Hall–Kier alpha value is -2.05. The van der Waals surface area contributed by atoms with E-state index >= 15 is 0 Å². The largest absolute Gasteiger partial charge is 0.493 e. The Morgan fingerprint density at radius 1 is 1.36 bits per heavy atom. The number of amides is 1. The van der Waals surface area contributed by atoms with Gasteiger partial charge in [-0.15, -0.1) is 11.3 Å². The standard InChI is InChI=1S/C19H24N2O3S/c1-12(11-20)19(22)21-7-6-13-9-15(23-2)16(24-3)10-14(13)18(21)17-5-4-8-25-17/h4-5,8-10,12,18H,6-7,11,20H2,1-3H3. The van der Waals surface area contributed by atoms with Crippen molar-refractivity contribution in [3.8, 4) is 11.5 Å². The highest BCUT2D eigenvalue weighted by molar-refractivity contribution is 7.10. The zero-order valence-electron chi connectivity index (χ0n) is 14.8. The molecule has 1 aromatic heterocycles. The van der Waals surface area contributed by atoms with E-state index in [9.17, 15) is 4.79 Å². The summed E-state index contributed by atoms with van der Waals surface area (Å²) in [5.74, 6) is 1.32. The zero-order valence-corrected chi connectivity index (χ0v) is 15.6. The van der Waals surface area contributed by atoms with Crippen LogP contribution in [0.15, 0.2) is 29.6 Å². The molecule has 2 N–H and O–H groups in total. The van der Waals surface area contributed by atoms with E-state index < -0.39 is 0 Å². The quantitative estimate of drug-likeness (QED) is 0.890. The summed E-state index contributed by atoms with van der Waals surface area (Å²) in [5.41, 5.74) is 8.04. The van der Waals surface area contributed by atoms with Gasteiger partial charge >= 0.3 is 0 Å². The molecule has 2 aromatic rings. The number of benzene rings is 1. The molecule has 1 aliphatic rings. The average molecular weight is 360 g/mol. The molecule has 134 valence electrons. The third-order valence-corrected chi connectivity index (χ3v) is 5.67. The van der Waals surface area contributed by atoms with Crippen LogP contribution in [0.2, 0.25) is 0 Å². The van der Waals surface area contributed by atoms with Crippen LogP contribution in [0.25, 0.3) is 0 Å². The maximum atomic E-state index is 12.9. The number of hydrogen-bond donors (Lipinski definition) is 1. The fraction of sp³-hybridized carbons (Fsp3) is 0.421. The number of carbonyl (C=O) groups is 1. The van der Waals surface area contributed by atoms with E-state index in [-0.39, 0.29) is 17.9 Å². The number of ether oxygens (including phenoxy) is 2. The first-order valence-corrected chi connectivity index (χ1v) is 9.27. The van der Waals surface area contributed by atoms with Crippen molar-refractivity contribution in [1.82, 2.24) is 4.90 Å². The molecule has 0 saturated carbocycles. The summed E-state index contributed by atoms with van der Waals surface area (Å²) in [5, 5.41) is 2.04. The summed E-state index contributed by atoms with van der Waals surface area (Å²) < 4.78 is 10.9. The lowest BCUT2D eigenvalue weighted by Crippen LogP contribution is -2.44. The topological polar surface area (TPSA) is 64.8 Å². The number of methoxy groups -OCH3 is 2. The fourth-order valence-corrected chi connectivity index (χ4v) is 4.18. The maximum absolute atomic E-state index is 12.9. The van der Waals surface area contributed by atoms with Crippen molar-refractivity contribution in [3.63, 3.8) is 0 Å². The molecule has 1 aliphatic heterocycles. The minimum atomic E-state index is -0.191. The summed E-state index contributed by atoms with van der Waals surface area (Å²) in [6, 6.07) is 8.03. The molecular weight excluding hydrogens is 336 g/mol. The van der Waals surface area contributed by atoms with E-state index in [1.807, 2.05) is 35.4 Å². The van der Waals surface area contributed by atoms with Gasteiger partial charge in [-0.2, -0.15) is 0 Å². The van der Waals surface area contributed by atoms with E-state index in [1.165, 1.54) is 5.56 Å². The van der Waals surface area contributed by atoms with Crippen molar-refractivity contribution in [2.45, 2.75) is 19.4 Å². The van der Waals surface area contributed by atoms with Crippen LogP contribution < -0.4 is 15.2 Å². The zero-order chi connectivity index (χ0) is 18.0. The number of carbonyl (C=O) groups excluding carboxylic acids is 1. The molecule has 0 aliphatic carbocycles. The lowest BCUT2D eigenvalue weighted by atomic mass is 9.90. The summed E-state index contributed by atoms with van der Waals surface area (Å²) in [6.45, 7) is 2.91. The van der Waals surface area contributed by atoms with Gasteiger partial charge in [-0.1, -0.05) is 13.0 Å². The molecule has 5 nitrogen and oxygen atoms in total. The van der Waals surface area contributed by atoms with Gasteiger partial charge in [0.25, 0.3) is 0 Å². The summed E-state index contributed by atoms with van der Waals surface area (Å²) in [7, 11) is 3.27. The Balaban J connectivity index is 2.11. The van der Waals surface area contributed by atoms with Crippen LogP contribution in [0.1, 0.15) is 29.0 Å². The van der Waals surface area contributed by atoms with Gasteiger partial charge in [-0.05, 0) is 41.1 Å². The fourth-order valence-electron chi connectivity index (χ4n) is 3.32. The van der Waals surface area contributed by atoms with E-state index in [1.54, 1.807) is 25.6 Å². The Kier molecular flexibility index (Phi) is 5.30. The van der Waals surface area contributed by atoms with Crippen LogP contribution in [-0.4, -0.2) is 38.1 Å². The van der Waals surface area contributed by atoms with E-state index in [2.05, 4.69) is 6.07 Å². The molecule has 2 unspecified atom stereocenters. The minimum Gasteiger partial charge on any atom is -0.493 e. The first-order chi connectivity index (χ1) is 12.1. The van der Waals surface area contributed by atoms with Gasteiger partial charge in [0.15, 0.2) is 11.5 Å². The number of rotatable bonds is 5. The summed E-state index contributed by atoms with van der Waals surface area (Å²) in [4.78, 5) is 16.0. The lowest BCUT2D eigenvalue weighted by Gasteiger charge is -2.38. The Morgan fingerprint density at radius 3 is 2.68 bits per heavy atom. The van der Waals surface area contributed by atoms with Crippen molar-refractivity contribution in [2.24, 2.45) is 11.7 Å². The smallest absolute Gasteiger partial charge is 0.227 e. The highest BCUT2D eigenvalue weighted by atomic mass is 32.1. The highest BCUT2D eigenvalue weighted by Crippen LogP contribution is 2.42. The van der Waals surface area contributed by atoms with Gasteiger partial charge < -0.3 is 20.1 Å². The molecule has 0 fully saturated rings. The normalized spacial score (nSPS) is 17.8. The van der Waals surface area contributed by atoms with Crippen LogP contribution in [-0.2, 0) is 11.2 Å². The highest BCUT2D eigenvalue weighted by Gasteiger charge is 2.35.